The van der Waals surface area contributed by atoms with Gasteiger partial charge in [0.15, 0.2) is 6.10 Å². The fraction of sp³-hybridized carbons (Fsp3) is 0.450. The molecule has 1 fully saturated rings. The summed E-state index contributed by atoms with van der Waals surface area (Å²) in [6.45, 7) is 7.58. The van der Waals surface area contributed by atoms with Crippen LogP contribution in [0.3, 0.4) is 0 Å². The van der Waals surface area contributed by atoms with Gasteiger partial charge < -0.3 is 14.4 Å². The van der Waals surface area contributed by atoms with Gasteiger partial charge in [0.1, 0.15) is 9.88 Å². The number of esters is 1. The zero-order chi connectivity index (χ0) is 19.4. The first-order valence-corrected chi connectivity index (χ1v) is 9.95. The minimum absolute atomic E-state index is 0.191. The lowest BCUT2D eigenvalue weighted by atomic mass is 10.1. The van der Waals surface area contributed by atoms with Crippen molar-refractivity contribution in [2.45, 2.75) is 33.3 Å². The number of amides is 1. The summed E-state index contributed by atoms with van der Waals surface area (Å²) >= 11 is 1.29. The second-order valence-corrected chi connectivity index (χ2v) is 7.47. The van der Waals surface area contributed by atoms with Gasteiger partial charge in [-0.3, -0.25) is 4.79 Å². The Hall–Kier alpha value is -2.25. The molecule has 27 heavy (non-hydrogen) atoms. The van der Waals surface area contributed by atoms with Crippen molar-refractivity contribution < 1.29 is 19.1 Å². The van der Waals surface area contributed by atoms with Crippen LogP contribution < -0.4 is 0 Å². The van der Waals surface area contributed by atoms with E-state index in [1.54, 1.807) is 18.7 Å². The quantitative estimate of drug-likeness (QED) is 0.737. The first-order valence-electron chi connectivity index (χ1n) is 9.14. The highest BCUT2D eigenvalue weighted by atomic mass is 32.1. The third-order valence-electron chi connectivity index (χ3n) is 4.55. The number of benzene rings is 1. The van der Waals surface area contributed by atoms with E-state index in [1.165, 1.54) is 16.9 Å². The summed E-state index contributed by atoms with van der Waals surface area (Å²) in [5.74, 6) is -0.695. The molecule has 144 valence electrons. The Labute approximate surface area is 163 Å². The molecular weight excluding hydrogens is 364 g/mol. The molecule has 1 aromatic carbocycles. The van der Waals surface area contributed by atoms with Crippen LogP contribution in [-0.2, 0) is 20.7 Å². The van der Waals surface area contributed by atoms with Crippen molar-refractivity contribution >= 4 is 23.2 Å². The van der Waals surface area contributed by atoms with Crippen molar-refractivity contribution in [1.29, 1.82) is 0 Å². The molecule has 1 saturated heterocycles. The van der Waals surface area contributed by atoms with E-state index in [9.17, 15) is 9.59 Å². The van der Waals surface area contributed by atoms with Gasteiger partial charge in [-0.05, 0) is 25.8 Å². The van der Waals surface area contributed by atoms with E-state index in [4.69, 9.17) is 9.47 Å². The van der Waals surface area contributed by atoms with Crippen molar-refractivity contribution in [2.75, 3.05) is 26.3 Å². The Kier molecular flexibility index (Phi) is 6.23. The highest BCUT2D eigenvalue weighted by Crippen LogP contribution is 2.29. The molecule has 1 aliphatic rings. The summed E-state index contributed by atoms with van der Waals surface area (Å²) in [5.41, 5.74) is 2.84. The van der Waals surface area contributed by atoms with E-state index in [0.29, 0.717) is 36.9 Å². The lowest BCUT2D eigenvalue weighted by Gasteiger charge is -2.28. The summed E-state index contributed by atoms with van der Waals surface area (Å²) in [6, 6.07) is 8.15. The molecule has 0 bridgehead atoms. The predicted molar refractivity (Wildman–Crippen MR) is 104 cm³/mol. The third kappa shape index (κ3) is 4.54. The second-order valence-electron chi connectivity index (χ2n) is 6.47. The maximum absolute atomic E-state index is 12.6. The fourth-order valence-corrected chi connectivity index (χ4v) is 3.85. The van der Waals surface area contributed by atoms with Crippen molar-refractivity contribution in [3.8, 4) is 10.6 Å². The van der Waals surface area contributed by atoms with Crippen LogP contribution in [0.4, 0.5) is 0 Å². The molecule has 1 aromatic heterocycles. The molecule has 2 aromatic rings. The predicted octanol–water partition coefficient (Wildman–Crippen LogP) is 3.09. The van der Waals surface area contributed by atoms with Gasteiger partial charge in [0.25, 0.3) is 5.91 Å². The number of aryl methyl sites for hydroxylation is 2. The summed E-state index contributed by atoms with van der Waals surface area (Å²) in [7, 11) is 0. The molecule has 1 aliphatic heterocycles. The first-order chi connectivity index (χ1) is 13.0. The summed E-state index contributed by atoms with van der Waals surface area (Å²) in [6.07, 6.45) is 0.147. The summed E-state index contributed by atoms with van der Waals surface area (Å²) < 4.78 is 10.7. The highest BCUT2D eigenvalue weighted by molar-refractivity contribution is 7.17. The molecule has 0 spiro atoms. The molecule has 0 radical (unpaired) electrons. The Morgan fingerprint density at radius 1 is 1.26 bits per heavy atom. The molecule has 7 heteroatoms. The molecular formula is C20H24N2O4S. The van der Waals surface area contributed by atoms with Crippen molar-refractivity contribution in [2.24, 2.45) is 0 Å². The van der Waals surface area contributed by atoms with Crippen LogP contribution >= 0.6 is 11.3 Å². The van der Waals surface area contributed by atoms with Gasteiger partial charge in [-0.15, -0.1) is 11.3 Å². The van der Waals surface area contributed by atoms with Gasteiger partial charge in [0.2, 0.25) is 0 Å². The molecule has 0 N–H and O–H groups in total. The average Bonchev–Trinajstić information content (AvgIpc) is 3.10. The van der Waals surface area contributed by atoms with Gasteiger partial charge in [0.05, 0.1) is 18.9 Å². The van der Waals surface area contributed by atoms with Gasteiger partial charge in [0, 0.05) is 18.7 Å². The lowest BCUT2D eigenvalue weighted by molar-refractivity contribution is -0.143. The van der Waals surface area contributed by atoms with Gasteiger partial charge in [-0.2, -0.15) is 0 Å². The van der Waals surface area contributed by atoms with Crippen LogP contribution in [0.1, 0.15) is 34.8 Å². The van der Waals surface area contributed by atoms with E-state index >= 15 is 0 Å². The van der Waals surface area contributed by atoms with Gasteiger partial charge >= 0.3 is 5.97 Å². The number of rotatable bonds is 5. The largest absolute Gasteiger partial charge is 0.448 e. The van der Waals surface area contributed by atoms with Gasteiger partial charge in [-0.1, -0.05) is 31.2 Å². The Morgan fingerprint density at radius 3 is 2.56 bits per heavy atom. The summed E-state index contributed by atoms with van der Waals surface area (Å²) in [4.78, 5) is 31.6. The number of aromatic nitrogens is 1. The van der Waals surface area contributed by atoms with Crippen molar-refractivity contribution in [3.05, 3.63) is 40.4 Å². The van der Waals surface area contributed by atoms with Crippen molar-refractivity contribution in [1.82, 2.24) is 9.88 Å². The third-order valence-corrected chi connectivity index (χ3v) is 5.73. The first kappa shape index (κ1) is 19.5. The smallest absolute Gasteiger partial charge is 0.351 e. The molecule has 1 unspecified atom stereocenters. The average molecular weight is 388 g/mol. The number of carbonyl (C=O) groups excluding carboxylic acids is 2. The minimum Gasteiger partial charge on any atom is -0.448 e. The monoisotopic (exact) mass is 388 g/mol. The Balaban J connectivity index is 1.69. The SMILES string of the molecule is CCc1ccc(-c2nc(C)c(C(=O)OC(C)C(=O)N3CCOCC3)s2)cc1. The number of hydrogen-bond acceptors (Lipinski definition) is 6. The number of carbonyl (C=O) groups is 2. The van der Waals surface area contributed by atoms with Crippen LogP contribution in [0.2, 0.25) is 0 Å². The Bertz CT molecular complexity index is 810. The number of hydrogen-bond donors (Lipinski definition) is 0. The number of ether oxygens (including phenoxy) is 2. The number of thiazole rings is 1. The normalized spacial score (nSPS) is 15.4. The zero-order valence-electron chi connectivity index (χ0n) is 15.9. The number of morpholine rings is 1. The van der Waals surface area contributed by atoms with Crippen molar-refractivity contribution in [3.63, 3.8) is 0 Å². The minimum atomic E-state index is -0.829. The molecule has 3 rings (SSSR count). The lowest BCUT2D eigenvalue weighted by Crippen LogP contribution is -2.46. The fourth-order valence-electron chi connectivity index (χ4n) is 2.90. The molecule has 6 nitrogen and oxygen atoms in total. The van der Waals surface area contributed by atoms with Crippen LogP contribution in [0.25, 0.3) is 10.6 Å². The van der Waals surface area contributed by atoms with E-state index in [0.717, 1.165) is 17.0 Å². The van der Waals surface area contributed by atoms with E-state index in [2.05, 4.69) is 24.0 Å². The molecule has 1 amide bonds. The summed E-state index contributed by atoms with van der Waals surface area (Å²) in [5, 5.41) is 0.772. The van der Waals surface area contributed by atoms with Crippen LogP contribution in [0.15, 0.2) is 24.3 Å². The van der Waals surface area contributed by atoms with E-state index in [-0.39, 0.29) is 5.91 Å². The molecule has 0 aliphatic carbocycles. The van der Waals surface area contributed by atoms with Crippen LogP contribution in [-0.4, -0.2) is 54.2 Å². The standard InChI is InChI=1S/C20H24N2O4S/c1-4-15-5-7-16(8-6-15)18-21-13(2)17(27-18)20(24)26-14(3)19(23)22-9-11-25-12-10-22/h5-8,14H,4,9-12H2,1-3H3. The van der Waals surface area contributed by atoms with Crippen LogP contribution in [0.5, 0.6) is 0 Å². The highest BCUT2D eigenvalue weighted by Gasteiger charge is 2.27. The molecule has 0 saturated carbocycles. The molecule has 2 heterocycles. The maximum atomic E-state index is 12.6. The Morgan fingerprint density at radius 2 is 1.93 bits per heavy atom. The zero-order valence-corrected chi connectivity index (χ0v) is 16.7. The van der Waals surface area contributed by atoms with E-state index in [1.807, 2.05) is 12.1 Å². The van der Waals surface area contributed by atoms with Crippen LogP contribution in [0, 0.1) is 6.92 Å². The molecule has 1 atom stereocenters. The van der Waals surface area contributed by atoms with Gasteiger partial charge in [-0.25, -0.2) is 9.78 Å². The van der Waals surface area contributed by atoms with E-state index < -0.39 is 12.1 Å². The maximum Gasteiger partial charge on any atom is 0.351 e. The topological polar surface area (TPSA) is 68.7 Å². The number of nitrogens with zero attached hydrogens (tertiary/aromatic N) is 2. The second kappa shape index (κ2) is 8.63.